The van der Waals surface area contributed by atoms with E-state index in [1.54, 1.807) is 0 Å². The van der Waals surface area contributed by atoms with Crippen molar-refractivity contribution in [3.8, 4) is 0 Å². The Morgan fingerprint density at radius 1 is 1.20 bits per heavy atom. The van der Waals surface area contributed by atoms with Crippen LogP contribution in [0, 0.1) is 11.8 Å². The van der Waals surface area contributed by atoms with Crippen LogP contribution in [0.5, 0.6) is 0 Å². The molecule has 25 heavy (non-hydrogen) atoms. The number of fused-ring (bicyclic) bond motifs is 1. The Morgan fingerprint density at radius 3 is 2.44 bits per heavy atom. The van der Waals surface area contributed by atoms with Gasteiger partial charge in [-0.2, -0.15) is 13.2 Å². The SMILES string of the molecule is Cn1c(=O)n(C[C@H]2CC[C@H](C)CC2)c(=O)c2c1ncn2CC(F)(F)F. The molecule has 0 unspecified atom stereocenters. The zero-order valence-electron chi connectivity index (χ0n) is 14.2. The van der Waals surface area contributed by atoms with Crippen LogP contribution in [0.4, 0.5) is 13.2 Å². The summed E-state index contributed by atoms with van der Waals surface area (Å²) in [5.41, 5.74) is -1.43. The molecule has 1 fully saturated rings. The van der Waals surface area contributed by atoms with Gasteiger partial charge < -0.3 is 4.57 Å². The van der Waals surface area contributed by atoms with Crippen LogP contribution in [0.1, 0.15) is 32.6 Å². The molecule has 138 valence electrons. The van der Waals surface area contributed by atoms with E-state index in [2.05, 4.69) is 11.9 Å². The summed E-state index contributed by atoms with van der Waals surface area (Å²) in [5, 5.41) is 0. The van der Waals surface area contributed by atoms with E-state index in [0.29, 0.717) is 5.92 Å². The molecule has 1 aliphatic carbocycles. The minimum atomic E-state index is -4.47. The predicted octanol–water partition coefficient (Wildman–Crippen LogP) is 2.29. The highest BCUT2D eigenvalue weighted by molar-refractivity contribution is 5.69. The summed E-state index contributed by atoms with van der Waals surface area (Å²) >= 11 is 0. The molecule has 0 radical (unpaired) electrons. The molecule has 9 heteroatoms. The summed E-state index contributed by atoms with van der Waals surface area (Å²) in [5.74, 6) is 0.824. The molecule has 3 rings (SSSR count). The lowest BCUT2D eigenvalue weighted by molar-refractivity contribution is -0.140. The molecular weight excluding hydrogens is 337 g/mol. The fourth-order valence-electron chi connectivity index (χ4n) is 3.57. The molecule has 0 aromatic carbocycles. The zero-order valence-corrected chi connectivity index (χ0v) is 14.2. The van der Waals surface area contributed by atoms with Crippen LogP contribution in [-0.4, -0.2) is 24.9 Å². The van der Waals surface area contributed by atoms with E-state index >= 15 is 0 Å². The second-order valence-electron chi connectivity index (χ2n) is 7.04. The van der Waals surface area contributed by atoms with Crippen LogP contribution < -0.4 is 11.2 Å². The van der Waals surface area contributed by atoms with Gasteiger partial charge in [-0.3, -0.25) is 13.9 Å². The Balaban J connectivity index is 2.05. The third kappa shape index (κ3) is 3.50. The lowest BCUT2D eigenvalue weighted by Gasteiger charge is -2.26. The van der Waals surface area contributed by atoms with E-state index in [-0.39, 0.29) is 23.6 Å². The fourth-order valence-corrected chi connectivity index (χ4v) is 3.57. The van der Waals surface area contributed by atoms with Crippen LogP contribution in [0.3, 0.4) is 0 Å². The molecule has 0 atom stereocenters. The van der Waals surface area contributed by atoms with Crippen molar-refractivity contribution in [2.45, 2.75) is 51.9 Å². The van der Waals surface area contributed by atoms with Gasteiger partial charge in [-0.25, -0.2) is 9.78 Å². The molecule has 1 aliphatic rings. The molecule has 2 aromatic rings. The Morgan fingerprint density at radius 2 is 1.84 bits per heavy atom. The molecule has 6 nitrogen and oxygen atoms in total. The quantitative estimate of drug-likeness (QED) is 0.846. The average molecular weight is 358 g/mol. The lowest BCUT2D eigenvalue weighted by atomic mass is 9.83. The van der Waals surface area contributed by atoms with Crippen molar-refractivity contribution in [3.05, 3.63) is 27.2 Å². The molecule has 0 N–H and O–H groups in total. The minimum Gasteiger partial charge on any atom is -0.316 e. The van der Waals surface area contributed by atoms with E-state index in [4.69, 9.17) is 0 Å². The summed E-state index contributed by atoms with van der Waals surface area (Å²) in [6.45, 7) is 1.10. The van der Waals surface area contributed by atoms with Gasteiger partial charge in [0.05, 0.1) is 6.33 Å². The molecule has 0 saturated heterocycles. The van der Waals surface area contributed by atoms with Gasteiger partial charge in [0.2, 0.25) is 0 Å². The first-order valence-electron chi connectivity index (χ1n) is 8.39. The largest absolute Gasteiger partial charge is 0.406 e. The average Bonchev–Trinajstić information content (AvgIpc) is 2.93. The number of hydrogen-bond donors (Lipinski definition) is 0. The van der Waals surface area contributed by atoms with E-state index in [1.165, 1.54) is 7.05 Å². The van der Waals surface area contributed by atoms with E-state index in [9.17, 15) is 22.8 Å². The Hall–Kier alpha value is -2.06. The Kier molecular flexibility index (Phi) is 4.51. The highest BCUT2D eigenvalue weighted by Gasteiger charge is 2.30. The highest BCUT2D eigenvalue weighted by atomic mass is 19.4. The second kappa shape index (κ2) is 6.34. The van der Waals surface area contributed by atoms with Crippen molar-refractivity contribution in [1.82, 2.24) is 18.7 Å². The first kappa shape index (κ1) is 17.8. The zero-order chi connectivity index (χ0) is 18.4. The standard InChI is InChI=1S/C16H21F3N4O2/c1-10-3-5-11(6-4-10)7-23-14(24)12-13(21(2)15(23)25)20-9-22(12)8-16(17,18)19/h9-11H,3-8H2,1-2H3/t10-,11-. The van der Waals surface area contributed by atoms with Gasteiger partial charge in [-0.1, -0.05) is 19.8 Å². The Labute approximate surface area is 141 Å². The van der Waals surface area contributed by atoms with Crippen LogP contribution >= 0.6 is 0 Å². The number of nitrogens with zero attached hydrogens (tertiary/aromatic N) is 4. The maximum Gasteiger partial charge on any atom is 0.406 e. The molecule has 0 spiro atoms. The normalized spacial score (nSPS) is 21.8. The number of aryl methyl sites for hydroxylation is 1. The van der Waals surface area contributed by atoms with Crippen LogP contribution in [-0.2, 0) is 20.1 Å². The number of aromatic nitrogens is 4. The highest BCUT2D eigenvalue weighted by Crippen LogP contribution is 2.29. The Bertz CT molecular complexity index is 886. The van der Waals surface area contributed by atoms with Crippen LogP contribution in [0.25, 0.3) is 11.2 Å². The fraction of sp³-hybridized carbons (Fsp3) is 0.688. The number of imidazole rings is 1. The molecule has 2 aromatic heterocycles. The van der Waals surface area contributed by atoms with Gasteiger partial charge in [-0.05, 0) is 24.7 Å². The summed E-state index contributed by atoms with van der Waals surface area (Å²) < 4.78 is 41.2. The van der Waals surface area contributed by atoms with Gasteiger partial charge in [0, 0.05) is 13.6 Å². The van der Waals surface area contributed by atoms with Crippen molar-refractivity contribution in [1.29, 1.82) is 0 Å². The molecular formula is C16H21F3N4O2. The van der Waals surface area contributed by atoms with Gasteiger partial charge >= 0.3 is 11.9 Å². The molecule has 1 saturated carbocycles. The topological polar surface area (TPSA) is 61.8 Å². The number of hydrogen-bond acceptors (Lipinski definition) is 3. The lowest BCUT2D eigenvalue weighted by Crippen LogP contribution is -2.41. The summed E-state index contributed by atoms with van der Waals surface area (Å²) in [6.07, 6.45) is 0.389. The minimum absolute atomic E-state index is 0.0206. The molecule has 2 heterocycles. The van der Waals surface area contributed by atoms with Crippen molar-refractivity contribution in [2.75, 3.05) is 0 Å². The summed E-state index contributed by atoms with van der Waals surface area (Å²) in [4.78, 5) is 29.1. The van der Waals surface area contributed by atoms with Gasteiger partial charge in [0.25, 0.3) is 5.56 Å². The number of halogens is 3. The van der Waals surface area contributed by atoms with Gasteiger partial charge in [-0.15, -0.1) is 0 Å². The van der Waals surface area contributed by atoms with Gasteiger partial charge in [0.1, 0.15) is 6.54 Å². The number of rotatable bonds is 3. The molecule has 0 bridgehead atoms. The smallest absolute Gasteiger partial charge is 0.316 e. The molecule has 0 aliphatic heterocycles. The van der Waals surface area contributed by atoms with E-state index in [1.807, 2.05) is 0 Å². The van der Waals surface area contributed by atoms with Crippen molar-refractivity contribution in [2.24, 2.45) is 18.9 Å². The number of alkyl halides is 3. The van der Waals surface area contributed by atoms with E-state index in [0.717, 1.165) is 45.7 Å². The van der Waals surface area contributed by atoms with Crippen molar-refractivity contribution < 1.29 is 13.2 Å². The summed E-state index contributed by atoms with van der Waals surface area (Å²) in [7, 11) is 1.43. The van der Waals surface area contributed by atoms with Crippen molar-refractivity contribution in [3.63, 3.8) is 0 Å². The van der Waals surface area contributed by atoms with Crippen molar-refractivity contribution >= 4 is 11.2 Å². The third-order valence-electron chi connectivity index (χ3n) is 5.03. The maximum atomic E-state index is 12.7. The third-order valence-corrected chi connectivity index (χ3v) is 5.03. The summed E-state index contributed by atoms with van der Waals surface area (Å²) in [6, 6.07) is 0. The van der Waals surface area contributed by atoms with Crippen LogP contribution in [0.15, 0.2) is 15.9 Å². The second-order valence-corrected chi connectivity index (χ2v) is 7.04. The van der Waals surface area contributed by atoms with Gasteiger partial charge in [0.15, 0.2) is 11.2 Å². The predicted molar refractivity (Wildman–Crippen MR) is 86.4 cm³/mol. The van der Waals surface area contributed by atoms with Crippen LogP contribution in [0.2, 0.25) is 0 Å². The monoisotopic (exact) mass is 358 g/mol. The molecule has 0 amide bonds. The first-order chi connectivity index (χ1) is 11.7. The maximum absolute atomic E-state index is 12.7. The first-order valence-corrected chi connectivity index (χ1v) is 8.39. The van der Waals surface area contributed by atoms with E-state index < -0.39 is 24.0 Å².